The summed E-state index contributed by atoms with van der Waals surface area (Å²) >= 11 is 0. The van der Waals surface area contributed by atoms with Crippen LogP contribution in [-0.4, -0.2) is 36.1 Å². The van der Waals surface area contributed by atoms with Crippen molar-refractivity contribution in [3.63, 3.8) is 0 Å². The molecule has 2 nitrogen and oxygen atoms in total. The Morgan fingerprint density at radius 1 is 1.12 bits per heavy atom. The Kier molecular flexibility index (Phi) is 6.50. The van der Waals surface area contributed by atoms with E-state index in [1.807, 2.05) is 0 Å². The number of rotatable bonds is 8. The molecule has 0 spiro atoms. The average molecular weight is 240 g/mol. The average Bonchev–Trinajstić information content (AvgIpc) is 2.87. The molecule has 1 aliphatic rings. The summed E-state index contributed by atoms with van der Waals surface area (Å²) in [5.74, 6) is 0. The topological polar surface area (TPSA) is 15.3 Å². The van der Waals surface area contributed by atoms with Crippen molar-refractivity contribution >= 4 is 0 Å². The van der Waals surface area contributed by atoms with Gasteiger partial charge in [-0.2, -0.15) is 0 Å². The van der Waals surface area contributed by atoms with Gasteiger partial charge in [0, 0.05) is 11.6 Å². The van der Waals surface area contributed by atoms with Gasteiger partial charge in [-0.05, 0) is 58.7 Å². The fourth-order valence-electron chi connectivity index (χ4n) is 3.16. The summed E-state index contributed by atoms with van der Waals surface area (Å²) in [5, 5.41) is 3.80. The Balaban J connectivity index is 2.69. The first-order valence-electron chi connectivity index (χ1n) is 7.67. The van der Waals surface area contributed by atoms with Crippen LogP contribution in [0, 0.1) is 0 Å². The Hall–Kier alpha value is -0.0800. The molecule has 1 N–H and O–H groups in total. The molecular weight excluding hydrogens is 208 g/mol. The molecule has 102 valence electrons. The molecular formula is C15H32N2. The SMILES string of the molecule is CCCNC(CCC)C(C)(CC)N1CCCC1. The van der Waals surface area contributed by atoms with Gasteiger partial charge in [-0.25, -0.2) is 0 Å². The summed E-state index contributed by atoms with van der Waals surface area (Å²) < 4.78 is 0. The van der Waals surface area contributed by atoms with Crippen molar-refractivity contribution in [1.29, 1.82) is 0 Å². The highest BCUT2D eigenvalue weighted by Gasteiger charge is 2.38. The second-order valence-electron chi connectivity index (χ2n) is 5.70. The quantitative estimate of drug-likeness (QED) is 0.699. The molecule has 0 amide bonds. The van der Waals surface area contributed by atoms with Gasteiger partial charge in [0.25, 0.3) is 0 Å². The smallest absolute Gasteiger partial charge is 0.0331 e. The minimum atomic E-state index is 0.363. The molecule has 2 unspecified atom stereocenters. The molecule has 17 heavy (non-hydrogen) atoms. The van der Waals surface area contributed by atoms with Crippen molar-refractivity contribution in [2.75, 3.05) is 19.6 Å². The van der Waals surface area contributed by atoms with Gasteiger partial charge in [-0.15, -0.1) is 0 Å². The number of hydrogen-bond donors (Lipinski definition) is 1. The largest absolute Gasteiger partial charge is 0.312 e. The van der Waals surface area contributed by atoms with Crippen LogP contribution < -0.4 is 5.32 Å². The molecule has 0 saturated carbocycles. The molecule has 0 aromatic rings. The number of likely N-dealkylation sites (tertiary alicyclic amines) is 1. The van der Waals surface area contributed by atoms with E-state index in [0.717, 1.165) is 6.54 Å². The van der Waals surface area contributed by atoms with Crippen LogP contribution in [0.3, 0.4) is 0 Å². The summed E-state index contributed by atoms with van der Waals surface area (Å²) in [6.45, 7) is 13.2. The van der Waals surface area contributed by atoms with E-state index in [4.69, 9.17) is 0 Å². The summed E-state index contributed by atoms with van der Waals surface area (Å²) in [7, 11) is 0. The first kappa shape index (κ1) is 15.0. The van der Waals surface area contributed by atoms with E-state index < -0.39 is 0 Å². The monoisotopic (exact) mass is 240 g/mol. The fourth-order valence-corrected chi connectivity index (χ4v) is 3.16. The van der Waals surface area contributed by atoms with Crippen molar-refractivity contribution in [3.8, 4) is 0 Å². The number of nitrogens with zero attached hydrogens (tertiary/aromatic N) is 1. The molecule has 0 bridgehead atoms. The maximum atomic E-state index is 3.80. The highest BCUT2D eigenvalue weighted by Crippen LogP contribution is 2.30. The highest BCUT2D eigenvalue weighted by atomic mass is 15.2. The Morgan fingerprint density at radius 2 is 1.76 bits per heavy atom. The first-order valence-corrected chi connectivity index (χ1v) is 7.67. The Morgan fingerprint density at radius 3 is 2.24 bits per heavy atom. The van der Waals surface area contributed by atoms with Gasteiger partial charge in [0.15, 0.2) is 0 Å². The van der Waals surface area contributed by atoms with Gasteiger partial charge in [0.2, 0.25) is 0 Å². The van der Waals surface area contributed by atoms with Crippen LogP contribution in [0.5, 0.6) is 0 Å². The lowest BCUT2D eigenvalue weighted by Crippen LogP contribution is -2.58. The maximum absolute atomic E-state index is 3.80. The zero-order chi connectivity index (χ0) is 12.7. The van der Waals surface area contributed by atoms with Crippen molar-refractivity contribution in [1.82, 2.24) is 10.2 Å². The van der Waals surface area contributed by atoms with Gasteiger partial charge in [0.1, 0.15) is 0 Å². The molecule has 0 aliphatic carbocycles. The first-order chi connectivity index (χ1) is 8.19. The van der Waals surface area contributed by atoms with E-state index >= 15 is 0 Å². The molecule has 2 atom stereocenters. The predicted molar refractivity (Wildman–Crippen MR) is 76.5 cm³/mol. The summed E-state index contributed by atoms with van der Waals surface area (Å²) in [5.41, 5.74) is 0.363. The minimum Gasteiger partial charge on any atom is -0.312 e. The summed E-state index contributed by atoms with van der Waals surface area (Å²) in [6, 6.07) is 0.663. The molecule has 1 aliphatic heterocycles. The van der Waals surface area contributed by atoms with Crippen LogP contribution in [0.1, 0.15) is 66.2 Å². The Labute approximate surface area is 108 Å². The molecule has 1 rings (SSSR count). The normalized spacial score (nSPS) is 22.6. The highest BCUT2D eigenvalue weighted by molar-refractivity contribution is 4.97. The standard InChI is InChI=1S/C15H32N2/c1-5-10-14(16-11-6-2)15(4,7-3)17-12-8-9-13-17/h14,16H,5-13H2,1-4H3. The predicted octanol–water partition coefficient (Wildman–Crippen LogP) is 3.42. The molecule has 0 aromatic carbocycles. The van der Waals surface area contributed by atoms with Crippen molar-refractivity contribution in [2.24, 2.45) is 0 Å². The second kappa shape index (κ2) is 7.38. The lowest BCUT2D eigenvalue weighted by atomic mass is 9.84. The van der Waals surface area contributed by atoms with Crippen LogP contribution in [0.2, 0.25) is 0 Å². The zero-order valence-corrected chi connectivity index (χ0v) is 12.4. The third kappa shape index (κ3) is 3.69. The zero-order valence-electron chi connectivity index (χ0n) is 12.4. The van der Waals surface area contributed by atoms with E-state index in [-0.39, 0.29) is 0 Å². The summed E-state index contributed by atoms with van der Waals surface area (Å²) in [4.78, 5) is 2.73. The molecule has 1 fully saturated rings. The van der Waals surface area contributed by atoms with Crippen LogP contribution in [0.25, 0.3) is 0 Å². The lowest BCUT2D eigenvalue weighted by Gasteiger charge is -2.45. The summed E-state index contributed by atoms with van der Waals surface area (Å²) in [6.07, 6.45) is 7.87. The minimum absolute atomic E-state index is 0.363. The van der Waals surface area contributed by atoms with E-state index in [1.165, 1.54) is 51.6 Å². The molecule has 0 aromatic heterocycles. The number of nitrogens with one attached hydrogen (secondary N) is 1. The van der Waals surface area contributed by atoms with E-state index in [1.54, 1.807) is 0 Å². The molecule has 1 saturated heterocycles. The van der Waals surface area contributed by atoms with E-state index in [2.05, 4.69) is 37.9 Å². The van der Waals surface area contributed by atoms with Gasteiger partial charge >= 0.3 is 0 Å². The van der Waals surface area contributed by atoms with Crippen LogP contribution >= 0.6 is 0 Å². The van der Waals surface area contributed by atoms with E-state index in [0.29, 0.717) is 11.6 Å². The van der Waals surface area contributed by atoms with Crippen molar-refractivity contribution in [2.45, 2.75) is 77.8 Å². The van der Waals surface area contributed by atoms with Crippen LogP contribution in [0.4, 0.5) is 0 Å². The fraction of sp³-hybridized carbons (Fsp3) is 1.00. The molecule has 1 heterocycles. The third-order valence-electron chi connectivity index (χ3n) is 4.51. The van der Waals surface area contributed by atoms with Gasteiger partial charge < -0.3 is 5.32 Å². The number of hydrogen-bond acceptors (Lipinski definition) is 2. The van der Waals surface area contributed by atoms with Gasteiger partial charge in [-0.3, -0.25) is 4.90 Å². The third-order valence-corrected chi connectivity index (χ3v) is 4.51. The van der Waals surface area contributed by atoms with E-state index in [9.17, 15) is 0 Å². The maximum Gasteiger partial charge on any atom is 0.0331 e. The van der Waals surface area contributed by atoms with Gasteiger partial charge in [-0.1, -0.05) is 27.2 Å². The van der Waals surface area contributed by atoms with Crippen molar-refractivity contribution < 1.29 is 0 Å². The van der Waals surface area contributed by atoms with Crippen molar-refractivity contribution in [3.05, 3.63) is 0 Å². The second-order valence-corrected chi connectivity index (χ2v) is 5.70. The van der Waals surface area contributed by atoms with Crippen LogP contribution in [0.15, 0.2) is 0 Å². The Bertz CT molecular complexity index is 199. The lowest BCUT2D eigenvalue weighted by molar-refractivity contribution is 0.0799. The molecule has 0 radical (unpaired) electrons. The molecule has 2 heteroatoms. The van der Waals surface area contributed by atoms with Gasteiger partial charge in [0.05, 0.1) is 0 Å². The van der Waals surface area contributed by atoms with Crippen LogP contribution in [-0.2, 0) is 0 Å².